The maximum atomic E-state index is 2.30. The molecular weight excluding hydrogens is 360 g/mol. The molecule has 0 heteroatoms. The van der Waals surface area contributed by atoms with Crippen molar-refractivity contribution in [2.75, 3.05) is 0 Å². The van der Waals surface area contributed by atoms with Gasteiger partial charge in [-0.25, -0.2) is 0 Å². The first-order valence-corrected chi connectivity index (χ1v) is 10.4. The summed E-state index contributed by atoms with van der Waals surface area (Å²) in [4.78, 5) is 0. The van der Waals surface area contributed by atoms with E-state index in [-0.39, 0.29) is 0 Å². The SMILES string of the molecule is c1ccc2cc(-c3cccc4c(-c5cccc6ccccc56)cccc34)ccc2c1. The van der Waals surface area contributed by atoms with Gasteiger partial charge in [-0.05, 0) is 60.6 Å². The smallest absolute Gasteiger partial charge is 0.00990 e. The molecule has 0 atom stereocenters. The molecule has 0 nitrogen and oxygen atoms in total. The molecule has 0 heterocycles. The molecule has 6 rings (SSSR count). The zero-order valence-corrected chi connectivity index (χ0v) is 16.5. The zero-order valence-electron chi connectivity index (χ0n) is 16.5. The third kappa shape index (κ3) is 2.69. The Morgan fingerprint density at radius 1 is 0.300 bits per heavy atom. The van der Waals surface area contributed by atoms with Gasteiger partial charge in [0.25, 0.3) is 0 Å². The number of hydrogen-bond donors (Lipinski definition) is 0. The van der Waals surface area contributed by atoms with E-state index in [1.807, 2.05) is 0 Å². The van der Waals surface area contributed by atoms with Crippen LogP contribution in [0.4, 0.5) is 0 Å². The minimum Gasteiger partial charge on any atom is -0.0616 e. The monoisotopic (exact) mass is 380 g/mol. The van der Waals surface area contributed by atoms with Gasteiger partial charge in [-0.15, -0.1) is 0 Å². The highest BCUT2D eigenvalue weighted by molar-refractivity contribution is 6.09. The van der Waals surface area contributed by atoms with Gasteiger partial charge in [0.2, 0.25) is 0 Å². The second kappa shape index (κ2) is 6.86. The lowest BCUT2D eigenvalue weighted by Gasteiger charge is -2.13. The highest BCUT2D eigenvalue weighted by Crippen LogP contribution is 2.38. The van der Waals surface area contributed by atoms with Gasteiger partial charge >= 0.3 is 0 Å². The van der Waals surface area contributed by atoms with E-state index in [9.17, 15) is 0 Å². The van der Waals surface area contributed by atoms with Crippen LogP contribution in [0, 0.1) is 0 Å². The molecule has 0 unspecified atom stereocenters. The Morgan fingerprint density at radius 2 is 0.833 bits per heavy atom. The summed E-state index contributed by atoms with van der Waals surface area (Å²) in [6, 6.07) is 43.9. The number of benzene rings is 6. The molecule has 6 aromatic rings. The van der Waals surface area contributed by atoms with Crippen LogP contribution < -0.4 is 0 Å². The lowest BCUT2D eigenvalue weighted by atomic mass is 9.90. The Balaban J connectivity index is 1.62. The summed E-state index contributed by atoms with van der Waals surface area (Å²) >= 11 is 0. The molecule has 6 aromatic carbocycles. The Labute approximate surface area is 176 Å². The van der Waals surface area contributed by atoms with Crippen LogP contribution in [0.1, 0.15) is 0 Å². The van der Waals surface area contributed by atoms with Gasteiger partial charge in [0.15, 0.2) is 0 Å². The van der Waals surface area contributed by atoms with E-state index in [2.05, 4.69) is 121 Å². The molecule has 0 N–H and O–H groups in total. The van der Waals surface area contributed by atoms with Gasteiger partial charge in [0.1, 0.15) is 0 Å². The first kappa shape index (κ1) is 17.0. The molecule has 0 aromatic heterocycles. The molecule has 0 aliphatic heterocycles. The van der Waals surface area contributed by atoms with Crippen LogP contribution >= 0.6 is 0 Å². The van der Waals surface area contributed by atoms with Crippen molar-refractivity contribution >= 4 is 32.3 Å². The Kier molecular flexibility index (Phi) is 3.89. The van der Waals surface area contributed by atoms with E-state index >= 15 is 0 Å². The molecular formula is C30H20. The van der Waals surface area contributed by atoms with E-state index in [0.717, 1.165) is 0 Å². The third-order valence-corrected chi connectivity index (χ3v) is 6.06. The number of hydrogen-bond acceptors (Lipinski definition) is 0. The normalized spacial score (nSPS) is 11.3. The molecule has 0 saturated carbocycles. The topological polar surface area (TPSA) is 0 Å². The first-order valence-electron chi connectivity index (χ1n) is 10.4. The molecule has 0 spiro atoms. The largest absolute Gasteiger partial charge is 0.0616 e. The van der Waals surface area contributed by atoms with Crippen molar-refractivity contribution in [2.24, 2.45) is 0 Å². The average Bonchev–Trinajstić information content (AvgIpc) is 2.82. The van der Waals surface area contributed by atoms with Crippen molar-refractivity contribution in [3.05, 3.63) is 121 Å². The van der Waals surface area contributed by atoms with Gasteiger partial charge in [0, 0.05) is 0 Å². The highest BCUT2D eigenvalue weighted by atomic mass is 14.1. The molecule has 0 saturated heterocycles. The molecule has 140 valence electrons. The minimum atomic E-state index is 1.26. The van der Waals surface area contributed by atoms with Gasteiger partial charge in [-0.2, -0.15) is 0 Å². The van der Waals surface area contributed by atoms with E-state index in [1.165, 1.54) is 54.6 Å². The van der Waals surface area contributed by atoms with E-state index in [1.54, 1.807) is 0 Å². The van der Waals surface area contributed by atoms with Crippen LogP contribution in [0.3, 0.4) is 0 Å². The minimum absolute atomic E-state index is 1.26. The second-order valence-corrected chi connectivity index (χ2v) is 7.79. The van der Waals surface area contributed by atoms with Crippen molar-refractivity contribution in [2.45, 2.75) is 0 Å². The maximum absolute atomic E-state index is 2.30. The number of rotatable bonds is 2. The summed E-state index contributed by atoms with van der Waals surface area (Å²) in [5.41, 5.74) is 5.11. The van der Waals surface area contributed by atoms with Crippen molar-refractivity contribution in [1.82, 2.24) is 0 Å². The van der Waals surface area contributed by atoms with Crippen LogP contribution in [0.25, 0.3) is 54.6 Å². The van der Waals surface area contributed by atoms with Crippen molar-refractivity contribution in [3.63, 3.8) is 0 Å². The molecule has 0 radical (unpaired) electrons. The lowest BCUT2D eigenvalue weighted by Crippen LogP contribution is -1.87. The maximum Gasteiger partial charge on any atom is -0.00990 e. The average molecular weight is 380 g/mol. The van der Waals surface area contributed by atoms with Crippen LogP contribution in [0.2, 0.25) is 0 Å². The quantitative estimate of drug-likeness (QED) is 0.282. The lowest BCUT2D eigenvalue weighted by molar-refractivity contribution is 1.66. The number of fused-ring (bicyclic) bond motifs is 3. The van der Waals surface area contributed by atoms with Gasteiger partial charge in [0.05, 0.1) is 0 Å². The Morgan fingerprint density at radius 3 is 1.67 bits per heavy atom. The summed E-state index contributed by atoms with van der Waals surface area (Å²) in [5.74, 6) is 0. The van der Waals surface area contributed by atoms with Gasteiger partial charge in [-0.1, -0.05) is 115 Å². The zero-order chi connectivity index (χ0) is 19.9. The molecule has 0 amide bonds. The predicted octanol–water partition coefficient (Wildman–Crippen LogP) is 8.48. The molecule has 0 bridgehead atoms. The van der Waals surface area contributed by atoms with Crippen LogP contribution in [-0.2, 0) is 0 Å². The van der Waals surface area contributed by atoms with E-state index in [4.69, 9.17) is 0 Å². The predicted molar refractivity (Wildman–Crippen MR) is 130 cm³/mol. The van der Waals surface area contributed by atoms with Crippen molar-refractivity contribution < 1.29 is 0 Å². The Hall–Kier alpha value is -3.90. The fourth-order valence-electron chi connectivity index (χ4n) is 4.61. The van der Waals surface area contributed by atoms with Crippen LogP contribution in [0.15, 0.2) is 121 Å². The molecule has 0 fully saturated rings. The third-order valence-electron chi connectivity index (χ3n) is 6.06. The Bertz CT molecular complexity index is 1530. The molecule has 0 aliphatic rings. The summed E-state index contributed by atoms with van der Waals surface area (Å²) in [6.07, 6.45) is 0. The van der Waals surface area contributed by atoms with Crippen molar-refractivity contribution in [1.29, 1.82) is 0 Å². The van der Waals surface area contributed by atoms with Crippen LogP contribution in [-0.4, -0.2) is 0 Å². The molecule has 0 aliphatic carbocycles. The summed E-state index contributed by atoms with van der Waals surface area (Å²) in [6.45, 7) is 0. The van der Waals surface area contributed by atoms with Gasteiger partial charge < -0.3 is 0 Å². The standard InChI is InChI=1S/C30H20/c1-2-10-23-20-24(19-18-21(23)8-1)26-13-6-16-30-28(26)15-7-17-29(30)27-14-5-11-22-9-3-4-12-25(22)27/h1-20H. The fraction of sp³-hybridized carbons (Fsp3) is 0. The summed E-state index contributed by atoms with van der Waals surface area (Å²) in [7, 11) is 0. The van der Waals surface area contributed by atoms with Crippen LogP contribution in [0.5, 0.6) is 0 Å². The van der Waals surface area contributed by atoms with E-state index in [0.29, 0.717) is 0 Å². The summed E-state index contributed by atoms with van der Waals surface area (Å²) in [5, 5.41) is 7.70. The van der Waals surface area contributed by atoms with Crippen molar-refractivity contribution in [3.8, 4) is 22.3 Å². The van der Waals surface area contributed by atoms with Gasteiger partial charge in [-0.3, -0.25) is 0 Å². The van der Waals surface area contributed by atoms with E-state index < -0.39 is 0 Å². The molecule has 30 heavy (non-hydrogen) atoms. The second-order valence-electron chi connectivity index (χ2n) is 7.79. The highest BCUT2D eigenvalue weighted by Gasteiger charge is 2.10. The summed E-state index contributed by atoms with van der Waals surface area (Å²) < 4.78 is 0. The first-order chi connectivity index (χ1) is 14.9. The fourth-order valence-corrected chi connectivity index (χ4v) is 4.61.